The Kier molecular flexibility index (Phi) is 8.33. The molecule has 0 saturated carbocycles. The van der Waals surface area contributed by atoms with E-state index in [9.17, 15) is 9.65 Å². The largest absolute Gasteiger partial charge is 0.434 e. The van der Waals surface area contributed by atoms with Gasteiger partial charge in [-0.05, 0) is 49.9 Å². The molecule has 0 aliphatic carbocycles. The number of nitrogens with zero attached hydrogens (tertiary/aromatic N) is 5. The van der Waals surface area contributed by atoms with Crippen molar-refractivity contribution in [1.29, 1.82) is 5.26 Å². The molecular formula is C28H32FN7O. The predicted molar refractivity (Wildman–Crippen MR) is 144 cm³/mol. The standard InChI is InChI=1S/C26H26FN7O.C2H6/c1-17-13-20-22(31-17)7-8-23(24(20)27)35-26-21(14-28)25(29-16-30-26)32-19-5-3-18(4-6-19)15-34-11-9-33(2)10-12-34;1-2/h3-8,13,16,31H,9-12,15H2,1-2H3,(H,29,30,32);1-2H3. The Labute approximate surface area is 216 Å². The third-order valence-corrected chi connectivity index (χ3v) is 6.19. The summed E-state index contributed by atoms with van der Waals surface area (Å²) in [6.45, 7) is 11.0. The molecule has 4 aromatic rings. The fourth-order valence-electron chi connectivity index (χ4n) is 4.21. The Hall–Kier alpha value is -4.00. The van der Waals surface area contributed by atoms with Crippen molar-refractivity contribution >= 4 is 22.4 Å². The molecule has 0 bridgehead atoms. The number of hydrogen-bond acceptors (Lipinski definition) is 7. The number of fused-ring (bicyclic) bond motifs is 1. The summed E-state index contributed by atoms with van der Waals surface area (Å²) in [6, 6.07) is 15.1. The van der Waals surface area contributed by atoms with Crippen LogP contribution in [0, 0.1) is 24.1 Å². The van der Waals surface area contributed by atoms with E-state index in [0.717, 1.165) is 44.1 Å². The molecule has 0 amide bonds. The predicted octanol–water partition coefficient (Wildman–Crippen LogP) is 5.59. The number of hydrogen-bond donors (Lipinski definition) is 2. The molecule has 3 heterocycles. The lowest BCUT2D eigenvalue weighted by atomic mass is 10.1. The Bertz CT molecular complexity index is 1390. The summed E-state index contributed by atoms with van der Waals surface area (Å²) >= 11 is 0. The number of aromatic amines is 1. The van der Waals surface area contributed by atoms with Gasteiger partial charge in [0, 0.05) is 55.0 Å². The molecule has 9 heteroatoms. The van der Waals surface area contributed by atoms with Crippen molar-refractivity contribution in [2.45, 2.75) is 27.3 Å². The van der Waals surface area contributed by atoms with E-state index in [1.165, 1.54) is 18.0 Å². The van der Waals surface area contributed by atoms with Gasteiger partial charge in [0.25, 0.3) is 0 Å². The van der Waals surface area contributed by atoms with Gasteiger partial charge >= 0.3 is 0 Å². The smallest absolute Gasteiger partial charge is 0.242 e. The molecule has 2 aromatic heterocycles. The number of nitrogens with one attached hydrogen (secondary N) is 2. The van der Waals surface area contributed by atoms with Crippen LogP contribution in [-0.2, 0) is 6.54 Å². The van der Waals surface area contributed by atoms with Gasteiger partial charge in [0.15, 0.2) is 22.9 Å². The summed E-state index contributed by atoms with van der Waals surface area (Å²) in [4.78, 5) is 16.2. The SMILES string of the molecule is CC.Cc1cc2c(F)c(Oc3ncnc(Nc4ccc(CN5CCN(C)CC5)cc4)c3C#N)ccc2[nH]1. The first-order valence-corrected chi connectivity index (χ1v) is 12.5. The molecule has 5 rings (SSSR count). The Balaban J connectivity index is 0.00000156. The first-order valence-electron chi connectivity index (χ1n) is 12.5. The monoisotopic (exact) mass is 501 g/mol. The number of anilines is 2. The summed E-state index contributed by atoms with van der Waals surface area (Å²) in [6.07, 6.45) is 1.29. The molecule has 1 aliphatic heterocycles. The van der Waals surface area contributed by atoms with Gasteiger partial charge in [-0.25, -0.2) is 14.4 Å². The average molecular weight is 502 g/mol. The third-order valence-electron chi connectivity index (χ3n) is 6.19. The van der Waals surface area contributed by atoms with Crippen LogP contribution in [0.5, 0.6) is 11.6 Å². The van der Waals surface area contributed by atoms with Crippen LogP contribution in [0.3, 0.4) is 0 Å². The molecule has 1 saturated heterocycles. The van der Waals surface area contributed by atoms with Gasteiger partial charge < -0.3 is 19.9 Å². The molecule has 2 aromatic carbocycles. The molecular weight excluding hydrogens is 469 g/mol. The maximum absolute atomic E-state index is 15.0. The number of ether oxygens (including phenoxy) is 1. The zero-order valence-electron chi connectivity index (χ0n) is 21.7. The lowest BCUT2D eigenvalue weighted by Crippen LogP contribution is -2.43. The second-order valence-corrected chi connectivity index (χ2v) is 8.81. The molecule has 1 aliphatic rings. The van der Waals surface area contributed by atoms with Gasteiger partial charge in [0.2, 0.25) is 5.88 Å². The fourth-order valence-corrected chi connectivity index (χ4v) is 4.21. The first-order chi connectivity index (χ1) is 18.0. The topological polar surface area (TPSA) is 93.1 Å². The maximum Gasteiger partial charge on any atom is 0.242 e. The minimum Gasteiger partial charge on any atom is -0.434 e. The number of benzene rings is 2. The van der Waals surface area contributed by atoms with E-state index in [4.69, 9.17) is 4.74 Å². The molecule has 2 N–H and O–H groups in total. The van der Waals surface area contributed by atoms with Crippen LogP contribution >= 0.6 is 0 Å². The zero-order valence-corrected chi connectivity index (χ0v) is 21.7. The van der Waals surface area contributed by atoms with Crippen molar-refractivity contribution in [3.63, 3.8) is 0 Å². The lowest BCUT2D eigenvalue weighted by Gasteiger charge is -2.32. The molecule has 192 valence electrons. The molecule has 0 radical (unpaired) electrons. The number of nitriles is 1. The summed E-state index contributed by atoms with van der Waals surface area (Å²) in [5.74, 6) is -0.240. The van der Waals surface area contributed by atoms with Crippen LogP contribution < -0.4 is 10.1 Å². The van der Waals surface area contributed by atoms with Crippen LogP contribution in [0.25, 0.3) is 10.9 Å². The van der Waals surface area contributed by atoms with Gasteiger partial charge in [0.05, 0.1) is 0 Å². The number of H-pyrrole nitrogens is 1. The minimum atomic E-state index is -0.514. The van der Waals surface area contributed by atoms with Crippen LogP contribution in [0.2, 0.25) is 0 Å². The normalized spacial score (nSPS) is 14.1. The third kappa shape index (κ3) is 6.05. The number of aromatic nitrogens is 3. The van der Waals surface area contributed by atoms with Gasteiger partial charge in [-0.1, -0.05) is 26.0 Å². The Morgan fingerprint density at radius 3 is 2.51 bits per heavy atom. The van der Waals surface area contributed by atoms with Crippen LogP contribution in [0.15, 0.2) is 48.8 Å². The highest BCUT2D eigenvalue weighted by molar-refractivity contribution is 5.83. The van der Waals surface area contributed by atoms with E-state index in [-0.39, 0.29) is 17.2 Å². The Morgan fingerprint density at radius 1 is 1.08 bits per heavy atom. The van der Waals surface area contributed by atoms with Crippen molar-refractivity contribution in [3.05, 3.63) is 71.4 Å². The molecule has 37 heavy (non-hydrogen) atoms. The number of rotatable bonds is 6. The average Bonchev–Trinajstić information content (AvgIpc) is 3.31. The zero-order chi connectivity index (χ0) is 26.4. The summed E-state index contributed by atoms with van der Waals surface area (Å²) in [5, 5.41) is 13.4. The Morgan fingerprint density at radius 2 is 1.81 bits per heavy atom. The summed E-state index contributed by atoms with van der Waals surface area (Å²) in [5.41, 5.74) is 3.62. The highest BCUT2D eigenvalue weighted by atomic mass is 19.1. The van der Waals surface area contributed by atoms with E-state index >= 15 is 0 Å². The van der Waals surface area contributed by atoms with Crippen LogP contribution in [0.4, 0.5) is 15.9 Å². The second-order valence-electron chi connectivity index (χ2n) is 8.81. The summed E-state index contributed by atoms with van der Waals surface area (Å²) < 4.78 is 20.7. The van der Waals surface area contributed by atoms with Gasteiger partial charge in [-0.3, -0.25) is 4.90 Å². The molecule has 0 unspecified atom stereocenters. The van der Waals surface area contributed by atoms with E-state index in [2.05, 4.69) is 55.3 Å². The van der Waals surface area contributed by atoms with E-state index in [0.29, 0.717) is 16.7 Å². The van der Waals surface area contributed by atoms with Crippen molar-refractivity contribution in [2.24, 2.45) is 0 Å². The quantitative estimate of drug-likeness (QED) is 0.356. The fraction of sp³-hybridized carbons (Fsp3) is 0.321. The van der Waals surface area contributed by atoms with Crippen molar-refractivity contribution in [2.75, 3.05) is 38.5 Å². The number of piperazine rings is 1. The van der Waals surface area contributed by atoms with E-state index in [1.807, 2.05) is 32.9 Å². The van der Waals surface area contributed by atoms with Gasteiger partial charge in [-0.2, -0.15) is 5.26 Å². The maximum atomic E-state index is 15.0. The number of aryl methyl sites for hydroxylation is 1. The molecule has 0 atom stereocenters. The second kappa shape index (κ2) is 11.8. The summed E-state index contributed by atoms with van der Waals surface area (Å²) in [7, 11) is 2.15. The van der Waals surface area contributed by atoms with Crippen LogP contribution in [0.1, 0.15) is 30.7 Å². The minimum absolute atomic E-state index is 0.00842. The van der Waals surface area contributed by atoms with Crippen LogP contribution in [-0.4, -0.2) is 58.0 Å². The number of halogens is 1. The van der Waals surface area contributed by atoms with Crippen molar-refractivity contribution < 1.29 is 9.13 Å². The molecule has 8 nitrogen and oxygen atoms in total. The van der Waals surface area contributed by atoms with E-state index in [1.54, 1.807) is 12.1 Å². The van der Waals surface area contributed by atoms with Crippen molar-refractivity contribution in [1.82, 2.24) is 24.8 Å². The highest BCUT2D eigenvalue weighted by Crippen LogP contribution is 2.33. The van der Waals surface area contributed by atoms with E-state index < -0.39 is 5.82 Å². The first kappa shape index (κ1) is 26.1. The van der Waals surface area contributed by atoms with Crippen molar-refractivity contribution in [3.8, 4) is 17.7 Å². The number of likely N-dealkylation sites (N-methyl/N-ethyl adjacent to an activating group) is 1. The van der Waals surface area contributed by atoms with Gasteiger partial charge in [-0.15, -0.1) is 0 Å². The molecule has 1 fully saturated rings. The molecule has 0 spiro atoms. The lowest BCUT2D eigenvalue weighted by molar-refractivity contribution is 0.148. The van der Waals surface area contributed by atoms with Gasteiger partial charge in [0.1, 0.15) is 12.4 Å². The highest BCUT2D eigenvalue weighted by Gasteiger charge is 2.18.